The molecule has 0 saturated heterocycles. The topological polar surface area (TPSA) is 86.5 Å². The van der Waals surface area contributed by atoms with E-state index in [2.05, 4.69) is 10.2 Å². The highest BCUT2D eigenvalue weighted by atomic mass is 16.7. The first-order chi connectivity index (χ1) is 10.7. The van der Waals surface area contributed by atoms with Crippen molar-refractivity contribution in [1.82, 2.24) is 15.0 Å². The first-order valence-electron chi connectivity index (χ1n) is 6.66. The maximum Gasteiger partial charge on any atom is 0.335 e. The van der Waals surface area contributed by atoms with E-state index < -0.39 is 5.97 Å². The Morgan fingerprint density at radius 2 is 1.68 bits per heavy atom. The third kappa shape index (κ3) is 2.12. The Balaban J connectivity index is 1.62. The van der Waals surface area contributed by atoms with E-state index in [0.29, 0.717) is 18.0 Å². The molecule has 1 aliphatic heterocycles. The molecule has 2 aromatic carbocycles. The van der Waals surface area contributed by atoms with E-state index in [0.717, 1.165) is 16.6 Å². The maximum atomic E-state index is 10.8. The summed E-state index contributed by atoms with van der Waals surface area (Å²) in [6, 6.07) is 10.2. The maximum absolute atomic E-state index is 10.8. The lowest BCUT2D eigenvalue weighted by Crippen LogP contribution is -2.04. The van der Waals surface area contributed by atoms with Crippen LogP contribution >= 0.6 is 0 Å². The van der Waals surface area contributed by atoms with E-state index in [4.69, 9.17) is 14.6 Å². The molecule has 0 saturated carbocycles. The highest BCUT2D eigenvalue weighted by molar-refractivity contribution is 5.87. The molecule has 0 radical (unpaired) electrons. The summed E-state index contributed by atoms with van der Waals surface area (Å²) in [5, 5.41) is 17.7. The number of benzene rings is 2. The van der Waals surface area contributed by atoms with Gasteiger partial charge in [0.05, 0.1) is 12.1 Å². The van der Waals surface area contributed by atoms with Gasteiger partial charge in [0, 0.05) is 12.1 Å². The molecule has 0 aliphatic carbocycles. The van der Waals surface area contributed by atoms with Gasteiger partial charge in [-0.25, -0.2) is 4.79 Å². The summed E-state index contributed by atoms with van der Waals surface area (Å²) in [5.74, 6) is 0.403. The highest BCUT2D eigenvalue weighted by Crippen LogP contribution is 2.34. The molecule has 7 heteroatoms. The van der Waals surface area contributed by atoms with E-state index >= 15 is 0 Å². The number of fused-ring (bicyclic) bond motifs is 2. The minimum atomic E-state index is -0.941. The Bertz CT molecular complexity index is 829. The van der Waals surface area contributed by atoms with Crippen LogP contribution in [0.25, 0.3) is 11.0 Å². The molecule has 0 unspecified atom stereocenters. The number of carbonyl (C=O) groups is 1. The van der Waals surface area contributed by atoms with Gasteiger partial charge in [0.1, 0.15) is 11.0 Å². The smallest absolute Gasteiger partial charge is 0.335 e. The quantitative estimate of drug-likeness (QED) is 0.794. The van der Waals surface area contributed by atoms with Gasteiger partial charge in [-0.05, 0) is 17.7 Å². The molecule has 2 heterocycles. The standard InChI is InChI=1S/C15H11N3O4/c19-15(20)10-3-1-9(2-4-10)7-18-16-11-5-13-14(22-8-21-13)6-12(11)17-18/h1-6H,7-8H2,(H,19,20). The molecule has 0 fully saturated rings. The average Bonchev–Trinajstić information content (AvgIpc) is 3.10. The van der Waals surface area contributed by atoms with Gasteiger partial charge in [-0.2, -0.15) is 15.0 Å². The summed E-state index contributed by atoms with van der Waals surface area (Å²) >= 11 is 0. The molecule has 4 rings (SSSR count). The summed E-state index contributed by atoms with van der Waals surface area (Å²) in [4.78, 5) is 12.4. The van der Waals surface area contributed by atoms with Crippen molar-refractivity contribution in [2.45, 2.75) is 6.54 Å². The van der Waals surface area contributed by atoms with Gasteiger partial charge < -0.3 is 14.6 Å². The predicted molar refractivity (Wildman–Crippen MR) is 76.2 cm³/mol. The van der Waals surface area contributed by atoms with Gasteiger partial charge >= 0.3 is 5.97 Å². The second kappa shape index (κ2) is 4.73. The SMILES string of the molecule is O=C(O)c1ccc(Cn2nc3cc4c(cc3n2)OCO4)cc1. The largest absolute Gasteiger partial charge is 0.478 e. The second-order valence-corrected chi connectivity index (χ2v) is 4.93. The zero-order valence-electron chi connectivity index (χ0n) is 11.4. The lowest BCUT2D eigenvalue weighted by molar-refractivity contribution is 0.0697. The number of aromatic carboxylic acids is 1. The first kappa shape index (κ1) is 12.6. The van der Waals surface area contributed by atoms with Gasteiger partial charge in [0.2, 0.25) is 6.79 Å². The van der Waals surface area contributed by atoms with Crippen LogP contribution in [-0.2, 0) is 6.54 Å². The van der Waals surface area contributed by atoms with Gasteiger partial charge in [0.15, 0.2) is 11.5 Å². The van der Waals surface area contributed by atoms with Crippen LogP contribution in [0, 0.1) is 0 Å². The number of hydrogen-bond donors (Lipinski definition) is 1. The van der Waals surface area contributed by atoms with Gasteiger partial charge in [-0.3, -0.25) is 0 Å². The summed E-state index contributed by atoms with van der Waals surface area (Å²) in [7, 11) is 0. The van der Waals surface area contributed by atoms with Crippen molar-refractivity contribution in [3.05, 3.63) is 47.5 Å². The number of hydrogen-bond acceptors (Lipinski definition) is 5. The van der Waals surface area contributed by atoms with Crippen molar-refractivity contribution in [2.75, 3.05) is 6.79 Å². The fourth-order valence-electron chi connectivity index (χ4n) is 2.34. The van der Waals surface area contributed by atoms with Crippen LogP contribution in [0.5, 0.6) is 11.5 Å². The van der Waals surface area contributed by atoms with Crippen molar-refractivity contribution >= 4 is 17.0 Å². The van der Waals surface area contributed by atoms with E-state index in [1.807, 2.05) is 0 Å². The predicted octanol–water partition coefficient (Wildman–Crippen LogP) is 1.91. The fraction of sp³-hybridized carbons (Fsp3) is 0.133. The lowest BCUT2D eigenvalue weighted by atomic mass is 10.1. The molecule has 0 amide bonds. The monoisotopic (exact) mass is 297 g/mol. The zero-order chi connectivity index (χ0) is 15.1. The van der Waals surface area contributed by atoms with Crippen LogP contribution in [-0.4, -0.2) is 32.9 Å². The molecule has 22 heavy (non-hydrogen) atoms. The second-order valence-electron chi connectivity index (χ2n) is 4.93. The third-order valence-electron chi connectivity index (χ3n) is 3.44. The van der Waals surface area contributed by atoms with E-state index in [1.165, 1.54) is 0 Å². The average molecular weight is 297 g/mol. The van der Waals surface area contributed by atoms with Crippen molar-refractivity contribution in [3.8, 4) is 11.5 Å². The molecule has 0 atom stereocenters. The fourth-order valence-corrected chi connectivity index (χ4v) is 2.34. The molecule has 110 valence electrons. The number of aromatic nitrogens is 3. The summed E-state index contributed by atoms with van der Waals surface area (Å²) < 4.78 is 10.6. The van der Waals surface area contributed by atoms with E-state index in [-0.39, 0.29) is 12.4 Å². The Kier molecular flexibility index (Phi) is 2.72. The summed E-state index contributed by atoms with van der Waals surface area (Å²) in [6.07, 6.45) is 0. The lowest BCUT2D eigenvalue weighted by Gasteiger charge is -2.00. The minimum absolute atomic E-state index is 0.220. The number of rotatable bonds is 3. The zero-order valence-corrected chi connectivity index (χ0v) is 11.4. The molecule has 7 nitrogen and oxygen atoms in total. The number of carboxylic acid groups (broad SMARTS) is 1. The summed E-state index contributed by atoms with van der Waals surface area (Å²) in [6.45, 7) is 0.679. The molecule has 1 aliphatic rings. The Morgan fingerprint density at radius 3 is 2.23 bits per heavy atom. The Hall–Kier alpha value is -3.09. The first-order valence-corrected chi connectivity index (χ1v) is 6.66. The number of ether oxygens (including phenoxy) is 2. The van der Waals surface area contributed by atoms with Crippen LogP contribution in [0.15, 0.2) is 36.4 Å². The number of carboxylic acids is 1. The molecular formula is C15H11N3O4. The van der Waals surface area contributed by atoms with E-state index in [1.54, 1.807) is 41.2 Å². The third-order valence-corrected chi connectivity index (χ3v) is 3.44. The number of nitrogens with zero attached hydrogens (tertiary/aromatic N) is 3. The van der Waals surface area contributed by atoms with Gasteiger partial charge in [0.25, 0.3) is 0 Å². The molecule has 1 N–H and O–H groups in total. The van der Waals surface area contributed by atoms with Crippen molar-refractivity contribution in [2.24, 2.45) is 0 Å². The van der Waals surface area contributed by atoms with Crippen LogP contribution in [0.3, 0.4) is 0 Å². The minimum Gasteiger partial charge on any atom is -0.478 e. The van der Waals surface area contributed by atoms with E-state index in [9.17, 15) is 4.79 Å². The molecule has 3 aromatic rings. The summed E-state index contributed by atoms with van der Waals surface area (Å²) in [5.41, 5.74) is 2.64. The van der Waals surface area contributed by atoms with Crippen molar-refractivity contribution in [3.63, 3.8) is 0 Å². The molecule has 0 bridgehead atoms. The van der Waals surface area contributed by atoms with Crippen molar-refractivity contribution < 1.29 is 19.4 Å². The Morgan fingerprint density at radius 1 is 1.09 bits per heavy atom. The Labute approximate surface area is 124 Å². The molecular weight excluding hydrogens is 286 g/mol. The normalized spacial score (nSPS) is 12.7. The van der Waals surface area contributed by atoms with Gasteiger partial charge in [-0.1, -0.05) is 12.1 Å². The highest BCUT2D eigenvalue weighted by Gasteiger charge is 2.16. The van der Waals surface area contributed by atoms with Crippen LogP contribution in [0.1, 0.15) is 15.9 Å². The van der Waals surface area contributed by atoms with Crippen LogP contribution in [0.2, 0.25) is 0 Å². The van der Waals surface area contributed by atoms with Gasteiger partial charge in [-0.15, -0.1) is 0 Å². The molecule has 1 aromatic heterocycles. The molecule has 0 spiro atoms. The van der Waals surface area contributed by atoms with Crippen molar-refractivity contribution in [1.29, 1.82) is 0 Å². The van der Waals surface area contributed by atoms with Crippen LogP contribution in [0.4, 0.5) is 0 Å². The van der Waals surface area contributed by atoms with Crippen LogP contribution < -0.4 is 9.47 Å².